The molecule has 1 aromatic heterocycles. The molecule has 1 saturated heterocycles. The van der Waals surface area contributed by atoms with Gasteiger partial charge >= 0.3 is 6.03 Å². The lowest BCUT2D eigenvalue weighted by molar-refractivity contribution is 0.215. The third-order valence-electron chi connectivity index (χ3n) is 5.11. The highest BCUT2D eigenvalue weighted by atomic mass is 35.5. The van der Waals surface area contributed by atoms with Crippen molar-refractivity contribution in [2.75, 3.05) is 43.5 Å². The monoisotopic (exact) mass is 457 g/mol. The first-order valence-electron chi connectivity index (χ1n) is 10.1. The van der Waals surface area contributed by atoms with Gasteiger partial charge in [-0.25, -0.2) is 9.78 Å². The lowest BCUT2D eigenvalue weighted by atomic mass is 10.1. The molecule has 0 spiro atoms. The molecule has 0 atom stereocenters. The number of carbonyl (C=O) groups is 1. The number of benzene rings is 2. The van der Waals surface area contributed by atoms with Crippen molar-refractivity contribution in [3.8, 4) is 5.75 Å². The van der Waals surface area contributed by atoms with Gasteiger partial charge in [0.1, 0.15) is 11.6 Å². The van der Waals surface area contributed by atoms with Crippen LogP contribution in [0.4, 0.5) is 15.6 Å². The maximum atomic E-state index is 12.7. The predicted octanol–water partition coefficient (Wildman–Crippen LogP) is 4.54. The van der Waals surface area contributed by atoms with Gasteiger partial charge in [0.05, 0.1) is 7.11 Å². The Bertz CT molecular complexity index is 1030. The van der Waals surface area contributed by atoms with E-state index < -0.39 is 0 Å². The van der Waals surface area contributed by atoms with Crippen molar-refractivity contribution >= 4 is 40.0 Å². The van der Waals surface area contributed by atoms with Crippen LogP contribution in [0.5, 0.6) is 5.75 Å². The van der Waals surface area contributed by atoms with Crippen molar-refractivity contribution in [3.05, 3.63) is 64.9 Å². The summed E-state index contributed by atoms with van der Waals surface area (Å²) >= 11 is 7.36. The van der Waals surface area contributed by atoms with Crippen molar-refractivity contribution in [1.82, 2.24) is 14.3 Å². The molecule has 0 radical (unpaired) electrons. The summed E-state index contributed by atoms with van der Waals surface area (Å²) in [6.07, 6.45) is 1.55. The number of halogens is 1. The first kappa shape index (κ1) is 21.4. The van der Waals surface area contributed by atoms with Gasteiger partial charge in [-0.15, -0.1) is 0 Å². The van der Waals surface area contributed by atoms with E-state index in [2.05, 4.69) is 14.6 Å². The molecule has 0 aliphatic carbocycles. The summed E-state index contributed by atoms with van der Waals surface area (Å²) in [6, 6.07) is 15.0. The van der Waals surface area contributed by atoms with E-state index in [0.717, 1.165) is 46.7 Å². The maximum Gasteiger partial charge on any atom is 0.321 e. The van der Waals surface area contributed by atoms with E-state index in [9.17, 15) is 4.79 Å². The fourth-order valence-corrected chi connectivity index (χ4v) is 4.31. The van der Waals surface area contributed by atoms with E-state index in [0.29, 0.717) is 25.3 Å². The topological polar surface area (TPSA) is 70.6 Å². The SMILES string of the molecule is COc1cccc(NC(=O)N2CCCN(c3nc(Cc4ccc(Cl)cc4)ns3)CC2)c1. The number of ether oxygens (including phenoxy) is 1. The first-order chi connectivity index (χ1) is 15.1. The fourth-order valence-electron chi connectivity index (χ4n) is 3.45. The smallest absolute Gasteiger partial charge is 0.321 e. The molecule has 31 heavy (non-hydrogen) atoms. The second-order valence-electron chi connectivity index (χ2n) is 7.29. The fraction of sp³-hybridized carbons (Fsp3) is 0.318. The van der Waals surface area contributed by atoms with Gasteiger partial charge in [0.25, 0.3) is 0 Å². The molecule has 162 valence electrons. The zero-order valence-electron chi connectivity index (χ0n) is 17.3. The highest BCUT2D eigenvalue weighted by molar-refractivity contribution is 7.09. The van der Waals surface area contributed by atoms with Crippen LogP contribution in [-0.4, -0.2) is 53.6 Å². The van der Waals surface area contributed by atoms with Crippen LogP contribution in [-0.2, 0) is 6.42 Å². The molecule has 0 saturated carbocycles. The van der Waals surface area contributed by atoms with Gasteiger partial charge in [-0.3, -0.25) is 0 Å². The second-order valence-corrected chi connectivity index (χ2v) is 8.45. The Morgan fingerprint density at radius 1 is 1.16 bits per heavy atom. The lowest BCUT2D eigenvalue weighted by Crippen LogP contribution is -2.38. The standard InChI is InChI=1S/C22H24ClN5O2S/c1-30-19-5-2-4-18(15-19)24-21(29)27-10-3-11-28(13-12-27)22-25-20(26-31-22)14-16-6-8-17(23)9-7-16/h2,4-9,15H,3,10-14H2,1H3,(H,24,29). The Balaban J connectivity index is 1.34. The molecule has 0 bridgehead atoms. The Morgan fingerprint density at radius 2 is 2.00 bits per heavy atom. The molecule has 4 rings (SSSR count). The zero-order valence-corrected chi connectivity index (χ0v) is 18.8. The van der Waals surface area contributed by atoms with Gasteiger partial charge in [-0.2, -0.15) is 4.37 Å². The number of aromatic nitrogens is 2. The van der Waals surface area contributed by atoms with E-state index in [1.165, 1.54) is 11.5 Å². The lowest BCUT2D eigenvalue weighted by Gasteiger charge is -2.22. The molecule has 2 aromatic carbocycles. The van der Waals surface area contributed by atoms with Gasteiger partial charge in [0.2, 0.25) is 5.13 Å². The number of amides is 2. The molecule has 1 fully saturated rings. The number of rotatable bonds is 5. The third-order valence-corrected chi connectivity index (χ3v) is 6.17. The largest absolute Gasteiger partial charge is 0.497 e. The second kappa shape index (κ2) is 9.98. The van der Waals surface area contributed by atoms with Crippen LogP contribution in [0.25, 0.3) is 0 Å². The summed E-state index contributed by atoms with van der Waals surface area (Å²) in [5, 5.41) is 4.58. The van der Waals surface area contributed by atoms with Crippen LogP contribution in [0.15, 0.2) is 48.5 Å². The molecule has 2 heterocycles. The Morgan fingerprint density at radius 3 is 2.81 bits per heavy atom. The number of hydrogen-bond donors (Lipinski definition) is 1. The van der Waals surface area contributed by atoms with Crippen LogP contribution in [0.1, 0.15) is 17.8 Å². The molecular formula is C22H24ClN5O2S. The Kier molecular flexibility index (Phi) is 6.89. The van der Waals surface area contributed by atoms with Crippen molar-refractivity contribution < 1.29 is 9.53 Å². The number of nitrogens with zero attached hydrogens (tertiary/aromatic N) is 4. The Labute approximate surface area is 190 Å². The molecule has 3 aromatic rings. The summed E-state index contributed by atoms with van der Waals surface area (Å²) in [4.78, 5) is 21.5. The van der Waals surface area contributed by atoms with Crippen LogP contribution in [0.3, 0.4) is 0 Å². The summed E-state index contributed by atoms with van der Waals surface area (Å²) in [7, 11) is 1.61. The molecule has 2 amide bonds. The van der Waals surface area contributed by atoms with Crippen molar-refractivity contribution in [2.45, 2.75) is 12.8 Å². The minimum atomic E-state index is -0.101. The van der Waals surface area contributed by atoms with Crippen LogP contribution in [0.2, 0.25) is 5.02 Å². The third kappa shape index (κ3) is 5.65. The summed E-state index contributed by atoms with van der Waals surface area (Å²) in [6.45, 7) is 2.89. The van der Waals surface area contributed by atoms with Gasteiger partial charge in [0.15, 0.2) is 0 Å². The molecule has 0 unspecified atom stereocenters. The molecule has 1 N–H and O–H groups in total. The highest BCUT2D eigenvalue weighted by Gasteiger charge is 2.21. The normalized spacial score (nSPS) is 14.3. The summed E-state index contributed by atoms with van der Waals surface area (Å²) in [5.41, 5.74) is 1.85. The van der Waals surface area contributed by atoms with Gasteiger partial charge < -0.3 is 19.9 Å². The zero-order chi connectivity index (χ0) is 21.6. The number of nitrogens with one attached hydrogen (secondary N) is 1. The minimum Gasteiger partial charge on any atom is -0.497 e. The van der Waals surface area contributed by atoms with Gasteiger partial charge in [-0.05, 0) is 36.2 Å². The first-order valence-corrected chi connectivity index (χ1v) is 11.3. The molecular weight excluding hydrogens is 434 g/mol. The average molecular weight is 458 g/mol. The van der Waals surface area contributed by atoms with Crippen molar-refractivity contribution in [1.29, 1.82) is 0 Å². The minimum absolute atomic E-state index is 0.101. The van der Waals surface area contributed by atoms with Crippen LogP contribution < -0.4 is 15.0 Å². The van der Waals surface area contributed by atoms with Crippen molar-refractivity contribution in [3.63, 3.8) is 0 Å². The average Bonchev–Trinajstić information content (AvgIpc) is 3.10. The van der Waals surface area contributed by atoms with Gasteiger partial charge in [-0.1, -0.05) is 29.8 Å². The van der Waals surface area contributed by atoms with E-state index in [1.54, 1.807) is 7.11 Å². The predicted molar refractivity (Wildman–Crippen MR) is 125 cm³/mol. The number of carbonyl (C=O) groups excluding carboxylic acids is 1. The number of hydrogen-bond acceptors (Lipinski definition) is 6. The summed E-state index contributed by atoms with van der Waals surface area (Å²) < 4.78 is 9.74. The van der Waals surface area contributed by atoms with Crippen LogP contribution in [0, 0.1) is 0 Å². The number of anilines is 2. The highest BCUT2D eigenvalue weighted by Crippen LogP contribution is 2.22. The molecule has 7 nitrogen and oxygen atoms in total. The van der Waals surface area contributed by atoms with E-state index in [1.807, 2.05) is 53.4 Å². The van der Waals surface area contributed by atoms with E-state index in [4.69, 9.17) is 21.3 Å². The Hall–Kier alpha value is -2.84. The number of methoxy groups -OCH3 is 1. The number of urea groups is 1. The van der Waals surface area contributed by atoms with Crippen molar-refractivity contribution in [2.24, 2.45) is 0 Å². The van der Waals surface area contributed by atoms with Crippen LogP contribution >= 0.6 is 23.1 Å². The van der Waals surface area contributed by atoms with E-state index >= 15 is 0 Å². The van der Waals surface area contributed by atoms with E-state index in [-0.39, 0.29) is 6.03 Å². The summed E-state index contributed by atoms with van der Waals surface area (Å²) in [5.74, 6) is 1.52. The molecule has 9 heteroatoms. The maximum absolute atomic E-state index is 12.7. The van der Waals surface area contributed by atoms with Gasteiger partial charge in [0, 0.05) is 60.9 Å². The quantitative estimate of drug-likeness (QED) is 0.609. The molecule has 1 aliphatic rings. The molecule has 1 aliphatic heterocycles.